The molecule has 0 spiro atoms. The molecule has 3 aromatic carbocycles. The molecule has 0 unspecified atom stereocenters. The van der Waals surface area contributed by atoms with Gasteiger partial charge in [0.2, 0.25) is 5.91 Å². The molecule has 0 aromatic heterocycles. The Hall–Kier alpha value is -3.93. The Morgan fingerprint density at radius 2 is 1.62 bits per heavy atom. The van der Waals surface area contributed by atoms with Crippen LogP contribution in [0.15, 0.2) is 72.8 Å². The van der Waals surface area contributed by atoms with Crippen LogP contribution in [0.5, 0.6) is 0 Å². The molecule has 0 saturated carbocycles. The van der Waals surface area contributed by atoms with Gasteiger partial charge in [-0.25, -0.2) is 4.79 Å². The van der Waals surface area contributed by atoms with E-state index >= 15 is 0 Å². The first-order valence-electron chi connectivity index (χ1n) is 13.0. The van der Waals surface area contributed by atoms with Crippen LogP contribution >= 0.6 is 0 Å². The van der Waals surface area contributed by atoms with Gasteiger partial charge in [0.25, 0.3) is 0 Å². The number of hydrogen-bond donors (Lipinski definition) is 2. The van der Waals surface area contributed by atoms with Crippen molar-refractivity contribution in [2.24, 2.45) is 0 Å². The van der Waals surface area contributed by atoms with E-state index < -0.39 is 6.09 Å². The molecule has 0 fully saturated rings. The van der Waals surface area contributed by atoms with Gasteiger partial charge in [0.15, 0.2) is 0 Å². The lowest BCUT2D eigenvalue weighted by Crippen LogP contribution is -2.22. The Morgan fingerprint density at radius 3 is 2.35 bits per heavy atom. The SMILES string of the molecule is CCCCCCOC(=O)Nc1cc(CCCC(=O)NCc2ccc(C=O)cc2)ccc1-c1ccccc1. The average Bonchev–Trinajstić information content (AvgIpc) is 2.92. The Balaban J connectivity index is 1.55. The number of aryl methyl sites for hydroxylation is 1. The number of hydrogen-bond acceptors (Lipinski definition) is 4. The fourth-order valence-electron chi connectivity index (χ4n) is 4.02. The fraction of sp³-hybridized carbons (Fsp3) is 0.323. The molecule has 2 amide bonds. The number of anilines is 1. The quantitative estimate of drug-likeness (QED) is 0.186. The number of benzene rings is 3. The minimum Gasteiger partial charge on any atom is -0.449 e. The fourth-order valence-corrected chi connectivity index (χ4v) is 4.02. The molecule has 0 heterocycles. The van der Waals surface area contributed by atoms with E-state index in [0.717, 1.165) is 54.2 Å². The zero-order chi connectivity index (χ0) is 26.3. The molecule has 0 aliphatic rings. The van der Waals surface area contributed by atoms with Crippen molar-refractivity contribution in [1.29, 1.82) is 0 Å². The minimum absolute atomic E-state index is 0.0228. The van der Waals surface area contributed by atoms with Gasteiger partial charge in [0.05, 0.1) is 12.3 Å². The zero-order valence-electron chi connectivity index (χ0n) is 21.5. The van der Waals surface area contributed by atoms with Gasteiger partial charge in [0, 0.05) is 24.1 Å². The van der Waals surface area contributed by atoms with E-state index in [4.69, 9.17) is 4.74 Å². The molecule has 6 heteroatoms. The van der Waals surface area contributed by atoms with Gasteiger partial charge in [-0.2, -0.15) is 0 Å². The maximum atomic E-state index is 12.5. The van der Waals surface area contributed by atoms with Crippen molar-refractivity contribution in [3.05, 3.63) is 89.5 Å². The van der Waals surface area contributed by atoms with Crippen LogP contribution in [0, 0.1) is 0 Å². The Bertz CT molecular complexity index is 1140. The second kappa shape index (κ2) is 15.2. The van der Waals surface area contributed by atoms with Crippen LogP contribution in [-0.4, -0.2) is 24.9 Å². The second-order valence-corrected chi connectivity index (χ2v) is 9.06. The first-order valence-corrected chi connectivity index (χ1v) is 13.0. The van der Waals surface area contributed by atoms with Crippen molar-refractivity contribution in [3.8, 4) is 11.1 Å². The second-order valence-electron chi connectivity index (χ2n) is 9.06. The lowest BCUT2D eigenvalue weighted by molar-refractivity contribution is -0.121. The minimum atomic E-state index is -0.452. The van der Waals surface area contributed by atoms with Crippen molar-refractivity contribution >= 4 is 24.0 Å². The highest BCUT2D eigenvalue weighted by Gasteiger charge is 2.11. The first kappa shape index (κ1) is 27.7. The number of carbonyl (C=O) groups excluding carboxylic acids is 3. The van der Waals surface area contributed by atoms with Gasteiger partial charge in [-0.15, -0.1) is 0 Å². The predicted octanol–water partition coefficient (Wildman–Crippen LogP) is 6.93. The summed E-state index contributed by atoms with van der Waals surface area (Å²) in [6, 6.07) is 23.1. The highest BCUT2D eigenvalue weighted by atomic mass is 16.5. The molecular formula is C31H36N2O4. The van der Waals surface area contributed by atoms with Crippen molar-refractivity contribution in [3.63, 3.8) is 0 Å². The molecule has 194 valence electrons. The maximum Gasteiger partial charge on any atom is 0.411 e. The Labute approximate surface area is 219 Å². The highest BCUT2D eigenvalue weighted by molar-refractivity contribution is 5.91. The summed E-state index contributed by atoms with van der Waals surface area (Å²) in [7, 11) is 0. The van der Waals surface area contributed by atoms with E-state index in [0.29, 0.717) is 43.7 Å². The third-order valence-electron chi connectivity index (χ3n) is 6.11. The molecule has 0 aliphatic heterocycles. The monoisotopic (exact) mass is 500 g/mol. The Morgan fingerprint density at radius 1 is 0.865 bits per heavy atom. The molecule has 2 N–H and O–H groups in total. The van der Waals surface area contributed by atoms with Crippen molar-refractivity contribution < 1.29 is 19.1 Å². The number of rotatable bonds is 14. The third kappa shape index (κ3) is 9.56. The number of ether oxygens (including phenoxy) is 1. The smallest absolute Gasteiger partial charge is 0.411 e. The van der Waals surface area contributed by atoms with E-state index in [1.54, 1.807) is 12.1 Å². The molecule has 3 aromatic rings. The van der Waals surface area contributed by atoms with Crippen LogP contribution < -0.4 is 10.6 Å². The largest absolute Gasteiger partial charge is 0.449 e. The normalized spacial score (nSPS) is 10.5. The lowest BCUT2D eigenvalue weighted by Gasteiger charge is -2.14. The van der Waals surface area contributed by atoms with E-state index in [1.165, 1.54) is 0 Å². The number of unbranched alkanes of at least 4 members (excludes halogenated alkanes) is 3. The summed E-state index contributed by atoms with van der Waals surface area (Å²) >= 11 is 0. The number of carbonyl (C=O) groups is 3. The van der Waals surface area contributed by atoms with Crippen LogP contribution in [0.4, 0.5) is 10.5 Å². The van der Waals surface area contributed by atoms with Crippen LogP contribution in [0.1, 0.15) is 66.9 Å². The van der Waals surface area contributed by atoms with E-state index in [1.807, 2.05) is 60.7 Å². The summed E-state index contributed by atoms with van der Waals surface area (Å²) < 4.78 is 5.39. The summed E-state index contributed by atoms with van der Waals surface area (Å²) in [5, 5.41) is 5.85. The predicted molar refractivity (Wildman–Crippen MR) is 148 cm³/mol. The first-order chi connectivity index (χ1) is 18.1. The highest BCUT2D eigenvalue weighted by Crippen LogP contribution is 2.29. The van der Waals surface area contributed by atoms with Crippen LogP contribution in [0.2, 0.25) is 0 Å². The molecule has 0 bridgehead atoms. The number of amides is 2. The standard InChI is InChI=1S/C31H36N2O4/c1-2-3-4-8-20-37-31(36)33-29-21-24(18-19-28(29)27-11-6-5-7-12-27)10-9-13-30(35)32-22-25-14-16-26(23-34)17-15-25/h5-7,11-12,14-19,21,23H,2-4,8-10,13,20,22H2,1H3,(H,32,35)(H,33,36). The van der Waals surface area contributed by atoms with Gasteiger partial charge in [-0.1, -0.05) is 92.9 Å². The van der Waals surface area contributed by atoms with Crippen molar-refractivity contribution in [1.82, 2.24) is 5.32 Å². The van der Waals surface area contributed by atoms with E-state index in [9.17, 15) is 14.4 Å². The molecular weight excluding hydrogens is 464 g/mol. The summed E-state index contributed by atoms with van der Waals surface area (Å²) in [5.41, 5.74) is 5.23. The zero-order valence-corrected chi connectivity index (χ0v) is 21.5. The average molecular weight is 501 g/mol. The summed E-state index contributed by atoms with van der Waals surface area (Å²) in [5.74, 6) is -0.0228. The number of aldehydes is 1. The van der Waals surface area contributed by atoms with Gasteiger partial charge in [-0.3, -0.25) is 14.9 Å². The van der Waals surface area contributed by atoms with Gasteiger partial charge in [-0.05, 0) is 42.0 Å². The molecule has 3 rings (SSSR count). The van der Waals surface area contributed by atoms with Crippen molar-refractivity contribution in [2.45, 2.75) is 58.4 Å². The Kier molecular flexibility index (Phi) is 11.4. The molecule has 0 aliphatic carbocycles. The summed E-state index contributed by atoms with van der Waals surface area (Å²) in [6.07, 6.45) is 6.32. The van der Waals surface area contributed by atoms with E-state index in [2.05, 4.69) is 17.6 Å². The number of nitrogens with one attached hydrogen (secondary N) is 2. The van der Waals surface area contributed by atoms with Gasteiger partial charge >= 0.3 is 6.09 Å². The van der Waals surface area contributed by atoms with Crippen LogP contribution in [0.3, 0.4) is 0 Å². The molecule has 6 nitrogen and oxygen atoms in total. The topological polar surface area (TPSA) is 84.5 Å². The van der Waals surface area contributed by atoms with Gasteiger partial charge in [0.1, 0.15) is 6.29 Å². The van der Waals surface area contributed by atoms with Crippen molar-refractivity contribution in [2.75, 3.05) is 11.9 Å². The maximum absolute atomic E-state index is 12.5. The van der Waals surface area contributed by atoms with Gasteiger partial charge < -0.3 is 10.1 Å². The van der Waals surface area contributed by atoms with Crippen LogP contribution in [0.25, 0.3) is 11.1 Å². The molecule has 0 saturated heterocycles. The summed E-state index contributed by atoms with van der Waals surface area (Å²) in [6.45, 7) is 2.98. The molecule has 0 atom stereocenters. The van der Waals surface area contributed by atoms with E-state index in [-0.39, 0.29) is 5.91 Å². The lowest BCUT2D eigenvalue weighted by atomic mass is 9.99. The van der Waals surface area contributed by atoms with Crippen LogP contribution in [-0.2, 0) is 22.5 Å². The summed E-state index contributed by atoms with van der Waals surface area (Å²) in [4.78, 5) is 35.5. The molecule has 37 heavy (non-hydrogen) atoms. The molecule has 0 radical (unpaired) electrons. The third-order valence-corrected chi connectivity index (χ3v) is 6.11.